The summed E-state index contributed by atoms with van der Waals surface area (Å²) < 4.78 is 4.64. The summed E-state index contributed by atoms with van der Waals surface area (Å²) in [6, 6.07) is 20.0. The molecule has 1 aliphatic heterocycles. The highest BCUT2D eigenvalue weighted by Gasteiger charge is 2.18. The van der Waals surface area contributed by atoms with E-state index in [-0.39, 0.29) is 0 Å². The van der Waals surface area contributed by atoms with Crippen molar-refractivity contribution in [3.05, 3.63) is 91.0 Å². The number of benzene rings is 3. The molecule has 2 heteroatoms. The van der Waals surface area contributed by atoms with Crippen LogP contribution in [0.3, 0.4) is 0 Å². The van der Waals surface area contributed by atoms with Gasteiger partial charge in [0.25, 0.3) is 0 Å². The molecule has 0 aliphatic carbocycles. The molecule has 0 saturated heterocycles. The van der Waals surface area contributed by atoms with Gasteiger partial charge < -0.3 is 9.13 Å². The maximum Gasteiger partial charge on any atom is 0.0575 e. The predicted octanol–water partition coefficient (Wildman–Crippen LogP) is 6.58. The Hall–Kier alpha value is -3.52. The summed E-state index contributed by atoms with van der Waals surface area (Å²) >= 11 is 0. The van der Waals surface area contributed by atoms with E-state index in [1.807, 2.05) is 0 Å². The van der Waals surface area contributed by atoms with Crippen LogP contribution in [-0.4, -0.2) is 9.13 Å². The summed E-state index contributed by atoms with van der Waals surface area (Å²) in [6.07, 6.45) is 9.44. The van der Waals surface area contributed by atoms with Crippen LogP contribution in [0.25, 0.3) is 49.3 Å². The molecule has 1 aliphatic rings. The van der Waals surface area contributed by atoms with Gasteiger partial charge in [-0.25, -0.2) is 0 Å². The summed E-state index contributed by atoms with van der Waals surface area (Å²) in [6.45, 7) is 4.39. The lowest BCUT2D eigenvalue weighted by Gasteiger charge is -2.09. The highest BCUT2D eigenvalue weighted by molar-refractivity contribution is 6.19. The lowest BCUT2D eigenvalue weighted by atomic mass is 10.1. The van der Waals surface area contributed by atoms with Crippen molar-refractivity contribution in [2.45, 2.75) is 6.42 Å². The van der Waals surface area contributed by atoms with Gasteiger partial charge in [0.05, 0.1) is 11.0 Å². The number of hydrogen-bond acceptors (Lipinski definition) is 0. The van der Waals surface area contributed by atoms with E-state index in [0.717, 1.165) is 12.1 Å². The fraction of sp³-hybridized carbons (Fsp3) is 0.0769. The molecular weight excluding hydrogens is 340 g/mol. The van der Waals surface area contributed by atoms with Crippen LogP contribution in [-0.2, 0) is 13.5 Å². The SMILES string of the molecule is C=C1/C=C\C=C/Cc2cccc3c4cc5c(cc4n1c23)c1ccccc1n5C. The zero-order valence-corrected chi connectivity index (χ0v) is 15.8. The Bertz CT molecular complexity index is 1500. The van der Waals surface area contributed by atoms with Crippen molar-refractivity contribution in [2.75, 3.05) is 0 Å². The topological polar surface area (TPSA) is 9.86 Å². The molecule has 3 aromatic carbocycles. The van der Waals surface area contributed by atoms with Gasteiger partial charge in [-0.3, -0.25) is 0 Å². The molecule has 0 N–H and O–H groups in total. The van der Waals surface area contributed by atoms with Crippen LogP contribution in [0, 0.1) is 0 Å². The Morgan fingerprint density at radius 2 is 1.57 bits per heavy atom. The van der Waals surface area contributed by atoms with Crippen molar-refractivity contribution in [1.29, 1.82) is 0 Å². The van der Waals surface area contributed by atoms with Crippen molar-refractivity contribution in [3.8, 4) is 0 Å². The van der Waals surface area contributed by atoms with Crippen molar-refractivity contribution >= 4 is 49.3 Å². The predicted molar refractivity (Wildman–Crippen MR) is 121 cm³/mol. The van der Waals surface area contributed by atoms with Gasteiger partial charge in [0.2, 0.25) is 0 Å². The monoisotopic (exact) mass is 360 g/mol. The normalized spacial score (nSPS) is 16.5. The fourth-order valence-electron chi connectivity index (χ4n) is 4.77. The van der Waals surface area contributed by atoms with Crippen molar-refractivity contribution in [2.24, 2.45) is 7.05 Å². The summed E-state index contributed by atoms with van der Waals surface area (Å²) in [5.74, 6) is 0. The van der Waals surface area contributed by atoms with E-state index in [1.54, 1.807) is 0 Å². The molecule has 0 atom stereocenters. The van der Waals surface area contributed by atoms with Gasteiger partial charge in [0.1, 0.15) is 0 Å². The number of rotatable bonds is 0. The lowest BCUT2D eigenvalue weighted by molar-refractivity contribution is 1.02. The molecule has 28 heavy (non-hydrogen) atoms. The largest absolute Gasteiger partial charge is 0.344 e. The van der Waals surface area contributed by atoms with Crippen LogP contribution >= 0.6 is 0 Å². The second kappa shape index (κ2) is 5.49. The van der Waals surface area contributed by atoms with Gasteiger partial charge in [-0.1, -0.05) is 61.2 Å². The Morgan fingerprint density at radius 1 is 0.786 bits per heavy atom. The van der Waals surface area contributed by atoms with E-state index >= 15 is 0 Å². The first kappa shape index (κ1) is 15.5. The molecule has 2 aromatic heterocycles. The molecule has 3 heterocycles. The van der Waals surface area contributed by atoms with Gasteiger partial charge in [-0.2, -0.15) is 0 Å². The van der Waals surface area contributed by atoms with Crippen LogP contribution in [0.5, 0.6) is 0 Å². The van der Waals surface area contributed by atoms with Crippen LogP contribution in [0.4, 0.5) is 0 Å². The number of hydrogen-bond donors (Lipinski definition) is 0. The minimum atomic E-state index is 0.924. The minimum Gasteiger partial charge on any atom is -0.344 e. The van der Waals surface area contributed by atoms with E-state index in [2.05, 4.69) is 102 Å². The molecule has 134 valence electrons. The maximum atomic E-state index is 4.39. The smallest absolute Gasteiger partial charge is 0.0575 e. The molecule has 0 fully saturated rings. The standard InChI is InChI=1S/C26H20N2/c1-17-9-4-3-5-10-18-11-8-13-20-22-15-24-21(16-25(22)28(17)26(18)20)19-12-6-7-14-23(19)27(24)2/h3-9,11-16H,1,10H2,2H3/b5-3-,9-4-. The fourth-order valence-corrected chi connectivity index (χ4v) is 4.77. The lowest BCUT2D eigenvalue weighted by Crippen LogP contribution is -1.95. The van der Waals surface area contributed by atoms with Gasteiger partial charge in [-0.15, -0.1) is 0 Å². The number of aryl methyl sites for hydroxylation is 1. The van der Waals surface area contributed by atoms with E-state index in [9.17, 15) is 0 Å². The Balaban J connectivity index is 1.88. The Morgan fingerprint density at radius 3 is 2.50 bits per heavy atom. The van der Waals surface area contributed by atoms with Gasteiger partial charge >= 0.3 is 0 Å². The van der Waals surface area contributed by atoms with Crippen molar-refractivity contribution in [3.63, 3.8) is 0 Å². The third-order valence-electron chi connectivity index (χ3n) is 6.07. The maximum absolute atomic E-state index is 4.39. The van der Waals surface area contributed by atoms with Crippen LogP contribution in [0.15, 0.2) is 85.5 Å². The minimum absolute atomic E-state index is 0.924. The van der Waals surface area contributed by atoms with Gasteiger partial charge in [-0.05, 0) is 36.3 Å². The summed E-state index contributed by atoms with van der Waals surface area (Å²) in [4.78, 5) is 0. The summed E-state index contributed by atoms with van der Waals surface area (Å²) in [7, 11) is 2.16. The first-order chi connectivity index (χ1) is 13.7. The van der Waals surface area contributed by atoms with Gasteiger partial charge in [0.15, 0.2) is 0 Å². The third-order valence-corrected chi connectivity index (χ3v) is 6.07. The molecule has 6 rings (SSSR count). The Labute approximate surface area is 163 Å². The van der Waals surface area contributed by atoms with E-state index in [1.165, 1.54) is 49.2 Å². The van der Waals surface area contributed by atoms with Gasteiger partial charge in [0, 0.05) is 45.3 Å². The average molecular weight is 360 g/mol. The zero-order valence-electron chi connectivity index (χ0n) is 15.8. The molecule has 0 spiro atoms. The molecule has 0 radical (unpaired) electrons. The average Bonchev–Trinajstić information content (AvgIpc) is 3.21. The number of fused-ring (bicyclic) bond motifs is 6. The third kappa shape index (κ3) is 1.92. The molecular formula is C26H20N2. The zero-order chi connectivity index (χ0) is 18.8. The number of aromatic nitrogens is 2. The number of nitrogens with zero attached hydrogens (tertiary/aromatic N) is 2. The quantitative estimate of drug-likeness (QED) is 0.295. The first-order valence-corrected chi connectivity index (χ1v) is 9.70. The van der Waals surface area contributed by atoms with Crippen molar-refractivity contribution < 1.29 is 0 Å². The summed E-state index contributed by atoms with van der Waals surface area (Å²) in [5.41, 5.74) is 7.37. The molecule has 2 nitrogen and oxygen atoms in total. The Kier molecular flexibility index (Phi) is 3.05. The molecule has 5 aromatic rings. The highest BCUT2D eigenvalue weighted by Crippen LogP contribution is 2.39. The van der Waals surface area contributed by atoms with E-state index in [0.29, 0.717) is 0 Å². The van der Waals surface area contributed by atoms with Crippen molar-refractivity contribution in [1.82, 2.24) is 9.13 Å². The van der Waals surface area contributed by atoms with Crippen LogP contribution < -0.4 is 0 Å². The first-order valence-electron chi connectivity index (χ1n) is 9.70. The molecule has 0 bridgehead atoms. The number of allylic oxidation sites excluding steroid dienone is 5. The highest BCUT2D eigenvalue weighted by atomic mass is 15.0. The molecule has 0 amide bonds. The molecule has 0 saturated carbocycles. The number of para-hydroxylation sites is 2. The molecule has 0 unspecified atom stereocenters. The van der Waals surface area contributed by atoms with Crippen LogP contribution in [0.2, 0.25) is 0 Å². The van der Waals surface area contributed by atoms with Crippen LogP contribution in [0.1, 0.15) is 5.56 Å². The second-order valence-electron chi connectivity index (χ2n) is 7.59. The van der Waals surface area contributed by atoms with E-state index in [4.69, 9.17) is 0 Å². The summed E-state index contributed by atoms with van der Waals surface area (Å²) in [5, 5.41) is 5.17. The van der Waals surface area contributed by atoms with E-state index < -0.39 is 0 Å². The second-order valence-corrected chi connectivity index (χ2v) is 7.59.